The minimum absolute atomic E-state index is 0.00615. The minimum Gasteiger partial charge on any atom is -0.489 e. The molecule has 0 spiro atoms. The Morgan fingerprint density at radius 1 is 1.38 bits per heavy atom. The Morgan fingerprint density at radius 2 is 2.04 bits per heavy atom. The van der Waals surface area contributed by atoms with Crippen LogP contribution in [0.2, 0.25) is 0 Å². The third-order valence-electron chi connectivity index (χ3n) is 3.50. The number of alkyl halides is 3. The lowest BCUT2D eigenvalue weighted by Crippen LogP contribution is -2.51. The molecule has 2 rings (SSSR count). The fourth-order valence-electron chi connectivity index (χ4n) is 2.38. The first-order valence-corrected chi connectivity index (χ1v) is 9.15. The molecule has 1 aliphatic rings. The fraction of sp³-hybridized carbons (Fsp3) is 0.429. The van der Waals surface area contributed by atoms with Crippen molar-refractivity contribution in [1.82, 2.24) is 4.90 Å². The average molecular weight is 395 g/mol. The molecule has 1 aromatic carbocycles. The third-order valence-corrected chi connectivity index (χ3v) is 4.61. The van der Waals surface area contributed by atoms with Gasteiger partial charge in [-0.05, 0) is 18.2 Å². The van der Waals surface area contributed by atoms with E-state index < -0.39 is 47.0 Å². The van der Waals surface area contributed by atoms with Crippen LogP contribution in [0.5, 0.6) is 5.75 Å². The predicted molar refractivity (Wildman–Crippen MR) is 84.3 cm³/mol. The SMILES string of the molecule is CS(=O)(=O)c1ccc2c(c1)NC(CN(CC(N)=O)C(=O)C(F)(F)F)CO2. The molecule has 0 aliphatic carbocycles. The van der Waals surface area contributed by atoms with Gasteiger partial charge >= 0.3 is 12.1 Å². The summed E-state index contributed by atoms with van der Waals surface area (Å²) in [5, 5.41) is 2.82. The van der Waals surface area contributed by atoms with Gasteiger partial charge in [-0.1, -0.05) is 0 Å². The van der Waals surface area contributed by atoms with Crippen LogP contribution in [0.15, 0.2) is 23.1 Å². The molecule has 1 aliphatic heterocycles. The van der Waals surface area contributed by atoms with Gasteiger partial charge in [0.15, 0.2) is 9.84 Å². The normalized spacial score (nSPS) is 16.8. The molecule has 0 fully saturated rings. The highest BCUT2D eigenvalue weighted by Crippen LogP contribution is 2.31. The summed E-state index contributed by atoms with van der Waals surface area (Å²) in [6.45, 7) is -1.51. The number of nitrogens with zero attached hydrogens (tertiary/aromatic N) is 1. The van der Waals surface area contributed by atoms with E-state index in [-0.39, 0.29) is 22.1 Å². The molecule has 0 aromatic heterocycles. The van der Waals surface area contributed by atoms with Gasteiger partial charge in [-0.3, -0.25) is 9.59 Å². The summed E-state index contributed by atoms with van der Waals surface area (Å²) in [6, 6.07) is 3.23. The van der Waals surface area contributed by atoms with Crippen molar-refractivity contribution in [2.75, 3.05) is 31.3 Å². The van der Waals surface area contributed by atoms with Gasteiger partial charge in [-0.15, -0.1) is 0 Å². The number of hydrogen-bond acceptors (Lipinski definition) is 6. The maximum atomic E-state index is 12.7. The Balaban J connectivity index is 2.20. The van der Waals surface area contributed by atoms with Crippen molar-refractivity contribution in [3.63, 3.8) is 0 Å². The molecule has 144 valence electrons. The molecule has 0 bridgehead atoms. The number of halogens is 3. The smallest absolute Gasteiger partial charge is 0.471 e. The molecular formula is C14H16F3N3O5S. The number of nitrogens with two attached hydrogens (primary N) is 1. The second-order valence-corrected chi connectivity index (χ2v) is 7.75. The van der Waals surface area contributed by atoms with Crippen LogP contribution >= 0.6 is 0 Å². The van der Waals surface area contributed by atoms with E-state index in [1.54, 1.807) is 0 Å². The van der Waals surface area contributed by atoms with Gasteiger partial charge in [0, 0.05) is 12.8 Å². The predicted octanol–water partition coefficient (Wildman–Crippen LogP) is 0.139. The van der Waals surface area contributed by atoms with E-state index in [0.29, 0.717) is 5.75 Å². The van der Waals surface area contributed by atoms with Crippen molar-refractivity contribution in [3.8, 4) is 5.75 Å². The number of rotatable bonds is 5. The number of carbonyl (C=O) groups excluding carboxylic acids is 2. The van der Waals surface area contributed by atoms with Gasteiger partial charge in [0.2, 0.25) is 5.91 Å². The first-order chi connectivity index (χ1) is 11.9. The third kappa shape index (κ3) is 4.77. The van der Waals surface area contributed by atoms with Crippen LogP contribution in [0.4, 0.5) is 18.9 Å². The highest BCUT2D eigenvalue weighted by Gasteiger charge is 2.43. The fourth-order valence-corrected chi connectivity index (χ4v) is 3.03. The summed E-state index contributed by atoms with van der Waals surface area (Å²) in [5.41, 5.74) is 5.16. The number of nitrogens with one attached hydrogen (secondary N) is 1. The number of anilines is 1. The van der Waals surface area contributed by atoms with Crippen LogP contribution in [0.25, 0.3) is 0 Å². The van der Waals surface area contributed by atoms with Gasteiger partial charge < -0.3 is 20.7 Å². The van der Waals surface area contributed by atoms with E-state index in [0.717, 1.165) is 6.26 Å². The van der Waals surface area contributed by atoms with Gasteiger partial charge in [0.1, 0.15) is 12.4 Å². The molecule has 0 radical (unpaired) electrons. The monoisotopic (exact) mass is 395 g/mol. The Bertz CT molecular complexity index is 826. The Morgan fingerprint density at radius 3 is 2.58 bits per heavy atom. The zero-order valence-electron chi connectivity index (χ0n) is 13.5. The zero-order valence-corrected chi connectivity index (χ0v) is 14.4. The molecule has 1 unspecified atom stereocenters. The van der Waals surface area contributed by atoms with Crippen molar-refractivity contribution in [2.45, 2.75) is 17.1 Å². The molecule has 12 heteroatoms. The number of primary amides is 1. The van der Waals surface area contributed by atoms with Crippen LogP contribution in [0, 0.1) is 0 Å². The average Bonchev–Trinajstić information content (AvgIpc) is 2.50. The maximum absolute atomic E-state index is 12.7. The topological polar surface area (TPSA) is 119 Å². The Hall–Kier alpha value is -2.50. The van der Waals surface area contributed by atoms with Crippen LogP contribution in [-0.4, -0.2) is 63.3 Å². The van der Waals surface area contributed by atoms with Crippen molar-refractivity contribution in [3.05, 3.63) is 18.2 Å². The molecular weight excluding hydrogens is 379 g/mol. The zero-order chi connectivity index (χ0) is 19.7. The molecule has 8 nitrogen and oxygen atoms in total. The second kappa shape index (κ2) is 7.02. The summed E-state index contributed by atoms with van der Waals surface area (Å²) >= 11 is 0. The van der Waals surface area contributed by atoms with Gasteiger partial charge in [-0.25, -0.2) is 8.42 Å². The molecule has 0 saturated carbocycles. The number of ether oxygens (including phenoxy) is 1. The quantitative estimate of drug-likeness (QED) is 0.732. The maximum Gasteiger partial charge on any atom is 0.471 e. The van der Waals surface area contributed by atoms with Crippen LogP contribution < -0.4 is 15.8 Å². The van der Waals surface area contributed by atoms with Crippen molar-refractivity contribution < 1.29 is 35.9 Å². The standard InChI is InChI=1S/C14H16F3N3O5S/c1-26(23,24)9-2-3-11-10(4-9)19-8(7-25-11)5-20(6-12(18)21)13(22)14(15,16)17/h2-4,8,19H,5-7H2,1H3,(H2,18,21). The van der Waals surface area contributed by atoms with Crippen molar-refractivity contribution in [1.29, 1.82) is 0 Å². The number of carbonyl (C=O) groups is 2. The van der Waals surface area contributed by atoms with E-state index in [1.165, 1.54) is 18.2 Å². The van der Waals surface area contributed by atoms with E-state index in [2.05, 4.69) is 5.32 Å². The molecule has 1 heterocycles. The summed E-state index contributed by atoms with van der Waals surface area (Å²) in [6.07, 6.45) is -4.15. The molecule has 2 amide bonds. The van der Waals surface area contributed by atoms with E-state index in [4.69, 9.17) is 10.5 Å². The van der Waals surface area contributed by atoms with Gasteiger partial charge in [-0.2, -0.15) is 13.2 Å². The number of hydrogen-bond donors (Lipinski definition) is 2. The van der Waals surface area contributed by atoms with Crippen LogP contribution in [0.3, 0.4) is 0 Å². The largest absolute Gasteiger partial charge is 0.489 e. The Labute approximate surface area is 147 Å². The van der Waals surface area contributed by atoms with Crippen molar-refractivity contribution >= 4 is 27.3 Å². The van der Waals surface area contributed by atoms with E-state index in [9.17, 15) is 31.2 Å². The van der Waals surface area contributed by atoms with Gasteiger partial charge in [0.05, 0.1) is 23.2 Å². The lowest BCUT2D eigenvalue weighted by molar-refractivity contribution is -0.186. The molecule has 1 atom stereocenters. The summed E-state index contributed by atoms with van der Waals surface area (Å²) in [4.78, 5) is 22.7. The molecule has 0 saturated heterocycles. The lowest BCUT2D eigenvalue weighted by Gasteiger charge is -2.32. The highest BCUT2D eigenvalue weighted by atomic mass is 32.2. The summed E-state index contributed by atoms with van der Waals surface area (Å²) < 4.78 is 66.6. The lowest BCUT2D eigenvalue weighted by atomic mass is 10.2. The van der Waals surface area contributed by atoms with Gasteiger partial charge in [0.25, 0.3) is 0 Å². The van der Waals surface area contributed by atoms with E-state index in [1.807, 2.05) is 0 Å². The molecule has 3 N–H and O–H groups in total. The first-order valence-electron chi connectivity index (χ1n) is 7.26. The second-order valence-electron chi connectivity index (χ2n) is 5.73. The first kappa shape index (κ1) is 19.8. The summed E-state index contributed by atoms with van der Waals surface area (Å²) in [7, 11) is -3.50. The minimum atomic E-state index is -5.16. The Kier molecular flexibility index (Phi) is 5.35. The number of sulfone groups is 1. The highest BCUT2D eigenvalue weighted by molar-refractivity contribution is 7.90. The van der Waals surface area contributed by atoms with Crippen molar-refractivity contribution in [2.24, 2.45) is 5.73 Å². The van der Waals surface area contributed by atoms with Crippen LogP contribution in [0.1, 0.15) is 0 Å². The number of benzene rings is 1. The molecule has 26 heavy (non-hydrogen) atoms. The van der Waals surface area contributed by atoms with E-state index >= 15 is 0 Å². The summed E-state index contributed by atoms with van der Waals surface area (Å²) in [5.74, 6) is -2.98. The molecule has 1 aromatic rings. The number of fused-ring (bicyclic) bond motifs is 1. The number of amides is 2. The van der Waals surface area contributed by atoms with Crippen LogP contribution in [-0.2, 0) is 19.4 Å².